The minimum absolute atomic E-state index is 0.105. The third-order valence-corrected chi connectivity index (χ3v) is 5.02. The first-order chi connectivity index (χ1) is 15.5. The molecule has 1 atom stereocenters. The standard InChI is InChI=1S/C25H19FN2O4/c1-2-15-32-19-12-8-17(9-13-19)23(29)21-22(16-6-10-18(26)11-7-16)28(25(31)24(21)30)20-5-3-4-14-27-20/h2-14,22,29H,1,15H2. The number of carbonyl (C=O) groups excluding carboxylic acids is 2. The molecular formula is C25H19FN2O4. The second kappa shape index (κ2) is 8.85. The average molecular weight is 430 g/mol. The summed E-state index contributed by atoms with van der Waals surface area (Å²) in [4.78, 5) is 31.4. The maximum absolute atomic E-state index is 13.6. The molecule has 1 N–H and O–H groups in total. The van der Waals surface area contributed by atoms with Crippen molar-refractivity contribution in [1.29, 1.82) is 0 Å². The van der Waals surface area contributed by atoms with Crippen molar-refractivity contribution in [3.63, 3.8) is 0 Å². The predicted molar refractivity (Wildman–Crippen MR) is 118 cm³/mol. The number of aliphatic hydroxyl groups is 1. The molecule has 0 radical (unpaired) electrons. The number of aromatic nitrogens is 1. The van der Waals surface area contributed by atoms with Crippen molar-refractivity contribution >= 4 is 23.3 Å². The fraction of sp³-hybridized carbons (Fsp3) is 0.0800. The van der Waals surface area contributed by atoms with Crippen LogP contribution in [0, 0.1) is 5.82 Å². The van der Waals surface area contributed by atoms with Crippen LogP contribution in [0.5, 0.6) is 5.75 Å². The van der Waals surface area contributed by atoms with Gasteiger partial charge in [-0.25, -0.2) is 9.37 Å². The number of nitrogens with zero attached hydrogens (tertiary/aromatic N) is 2. The van der Waals surface area contributed by atoms with Crippen molar-refractivity contribution < 1.29 is 23.8 Å². The lowest BCUT2D eigenvalue weighted by Crippen LogP contribution is -2.30. The molecule has 7 heteroatoms. The Morgan fingerprint density at radius 3 is 2.44 bits per heavy atom. The van der Waals surface area contributed by atoms with E-state index in [9.17, 15) is 19.1 Å². The summed E-state index contributed by atoms with van der Waals surface area (Å²) in [7, 11) is 0. The normalized spacial score (nSPS) is 17.4. The number of halogens is 1. The third kappa shape index (κ3) is 3.88. The Kier molecular flexibility index (Phi) is 5.81. The van der Waals surface area contributed by atoms with E-state index in [0.717, 1.165) is 0 Å². The molecule has 1 unspecified atom stereocenters. The number of rotatable bonds is 6. The summed E-state index contributed by atoms with van der Waals surface area (Å²) < 4.78 is 19.0. The molecule has 1 aliphatic heterocycles. The second-order valence-corrected chi connectivity index (χ2v) is 7.03. The smallest absolute Gasteiger partial charge is 0.301 e. The Hall–Kier alpha value is -4.26. The number of ketones is 1. The van der Waals surface area contributed by atoms with Gasteiger partial charge in [0.25, 0.3) is 5.78 Å². The van der Waals surface area contributed by atoms with Crippen LogP contribution in [0.25, 0.3) is 5.76 Å². The number of hydrogen-bond donors (Lipinski definition) is 1. The number of Topliss-reactive ketones (excluding diaryl/α,β-unsaturated/α-hetero) is 1. The number of benzene rings is 2. The molecule has 1 aliphatic rings. The zero-order valence-corrected chi connectivity index (χ0v) is 16.9. The van der Waals surface area contributed by atoms with Crippen LogP contribution >= 0.6 is 0 Å². The van der Waals surface area contributed by atoms with E-state index in [4.69, 9.17) is 4.74 Å². The molecule has 2 heterocycles. The lowest BCUT2D eigenvalue weighted by Gasteiger charge is -2.24. The van der Waals surface area contributed by atoms with Crippen LogP contribution in [-0.2, 0) is 9.59 Å². The summed E-state index contributed by atoms with van der Waals surface area (Å²) in [6, 6.07) is 15.9. The molecule has 3 aromatic rings. The number of amides is 1. The van der Waals surface area contributed by atoms with Crippen LogP contribution in [0.2, 0.25) is 0 Å². The molecule has 0 aliphatic carbocycles. The summed E-state index contributed by atoms with van der Waals surface area (Å²) >= 11 is 0. The van der Waals surface area contributed by atoms with E-state index in [1.165, 1.54) is 35.4 Å². The van der Waals surface area contributed by atoms with E-state index in [2.05, 4.69) is 11.6 Å². The van der Waals surface area contributed by atoms with Crippen LogP contribution in [0.15, 0.2) is 91.2 Å². The Labute approximate surface area is 183 Å². The lowest BCUT2D eigenvalue weighted by atomic mass is 9.95. The van der Waals surface area contributed by atoms with Crippen molar-refractivity contribution in [3.8, 4) is 5.75 Å². The summed E-state index contributed by atoms with van der Waals surface area (Å²) in [5, 5.41) is 11.1. The highest BCUT2D eigenvalue weighted by Crippen LogP contribution is 2.41. The van der Waals surface area contributed by atoms with Crippen molar-refractivity contribution in [1.82, 2.24) is 4.98 Å². The van der Waals surface area contributed by atoms with Crippen LogP contribution in [0.3, 0.4) is 0 Å². The maximum atomic E-state index is 13.6. The molecule has 2 aromatic carbocycles. The highest BCUT2D eigenvalue weighted by molar-refractivity contribution is 6.51. The fourth-order valence-electron chi connectivity index (χ4n) is 3.55. The Bertz CT molecular complexity index is 1190. The maximum Gasteiger partial charge on any atom is 0.301 e. The van der Waals surface area contributed by atoms with Crippen molar-refractivity contribution in [2.24, 2.45) is 0 Å². The Morgan fingerprint density at radius 2 is 1.81 bits per heavy atom. The topological polar surface area (TPSA) is 79.7 Å². The molecule has 1 fully saturated rings. The van der Waals surface area contributed by atoms with Gasteiger partial charge in [-0.05, 0) is 54.1 Å². The van der Waals surface area contributed by atoms with Gasteiger partial charge in [0.2, 0.25) is 0 Å². The van der Waals surface area contributed by atoms with E-state index in [0.29, 0.717) is 23.5 Å². The first-order valence-electron chi connectivity index (χ1n) is 9.83. The highest BCUT2D eigenvalue weighted by Gasteiger charge is 2.47. The Balaban J connectivity index is 1.84. The summed E-state index contributed by atoms with van der Waals surface area (Å²) in [5.41, 5.74) is 0.692. The number of aliphatic hydroxyl groups excluding tert-OH is 1. The lowest BCUT2D eigenvalue weighted by molar-refractivity contribution is -0.132. The van der Waals surface area contributed by atoms with Crippen molar-refractivity contribution in [2.45, 2.75) is 6.04 Å². The third-order valence-electron chi connectivity index (χ3n) is 5.02. The predicted octanol–water partition coefficient (Wildman–Crippen LogP) is 4.41. The van der Waals surface area contributed by atoms with Gasteiger partial charge in [-0.3, -0.25) is 14.5 Å². The first kappa shape index (κ1) is 21.0. The largest absolute Gasteiger partial charge is 0.507 e. The van der Waals surface area contributed by atoms with Gasteiger partial charge < -0.3 is 9.84 Å². The quantitative estimate of drug-likeness (QED) is 0.271. The van der Waals surface area contributed by atoms with Crippen LogP contribution in [0.4, 0.5) is 10.2 Å². The van der Waals surface area contributed by atoms with Gasteiger partial charge in [-0.1, -0.05) is 30.9 Å². The van der Waals surface area contributed by atoms with E-state index in [1.807, 2.05) is 0 Å². The number of carbonyl (C=O) groups is 2. The van der Waals surface area contributed by atoms with Crippen molar-refractivity contribution in [2.75, 3.05) is 11.5 Å². The van der Waals surface area contributed by atoms with Crippen LogP contribution in [0.1, 0.15) is 17.2 Å². The molecule has 0 spiro atoms. The van der Waals surface area contributed by atoms with Gasteiger partial charge in [0.1, 0.15) is 29.8 Å². The summed E-state index contributed by atoms with van der Waals surface area (Å²) in [5.74, 6) is -1.67. The highest BCUT2D eigenvalue weighted by atomic mass is 19.1. The average Bonchev–Trinajstić information content (AvgIpc) is 3.09. The van der Waals surface area contributed by atoms with Crippen molar-refractivity contribution in [3.05, 3.63) is 108 Å². The molecule has 1 amide bonds. The fourth-order valence-corrected chi connectivity index (χ4v) is 3.55. The van der Waals surface area contributed by atoms with E-state index in [1.54, 1.807) is 48.5 Å². The number of ether oxygens (including phenoxy) is 1. The van der Waals surface area contributed by atoms with Gasteiger partial charge in [-0.2, -0.15) is 0 Å². The zero-order chi connectivity index (χ0) is 22.7. The monoisotopic (exact) mass is 430 g/mol. The van der Waals surface area contributed by atoms with Gasteiger partial charge >= 0.3 is 5.91 Å². The van der Waals surface area contributed by atoms with E-state index >= 15 is 0 Å². The molecule has 0 bridgehead atoms. The molecule has 160 valence electrons. The van der Waals surface area contributed by atoms with Gasteiger partial charge in [0.15, 0.2) is 0 Å². The summed E-state index contributed by atoms with van der Waals surface area (Å²) in [6.07, 6.45) is 3.11. The van der Waals surface area contributed by atoms with E-state index < -0.39 is 23.5 Å². The van der Waals surface area contributed by atoms with Gasteiger partial charge in [-0.15, -0.1) is 0 Å². The number of hydrogen-bond acceptors (Lipinski definition) is 5. The molecule has 1 saturated heterocycles. The van der Waals surface area contributed by atoms with Crippen LogP contribution < -0.4 is 9.64 Å². The zero-order valence-electron chi connectivity index (χ0n) is 16.9. The van der Waals surface area contributed by atoms with E-state index in [-0.39, 0.29) is 17.2 Å². The SMILES string of the molecule is C=CCOc1ccc(C(O)=C2C(=O)C(=O)N(c3ccccn3)C2c2ccc(F)cc2)cc1. The molecule has 4 rings (SSSR count). The molecule has 32 heavy (non-hydrogen) atoms. The van der Waals surface area contributed by atoms with Crippen LogP contribution in [-0.4, -0.2) is 28.4 Å². The molecule has 0 saturated carbocycles. The number of pyridine rings is 1. The first-order valence-corrected chi connectivity index (χ1v) is 9.83. The molecule has 1 aromatic heterocycles. The molecular weight excluding hydrogens is 411 g/mol. The minimum atomic E-state index is -0.970. The second-order valence-electron chi connectivity index (χ2n) is 7.03. The molecule has 6 nitrogen and oxygen atoms in total. The Morgan fingerprint density at radius 1 is 1.09 bits per heavy atom. The summed E-state index contributed by atoms with van der Waals surface area (Å²) in [6.45, 7) is 3.91. The minimum Gasteiger partial charge on any atom is -0.507 e. The van der Waals surface area contributed by atoms with Gasteiger partial charge in [0.05, 0.1) is 11.6 Å². The number of anilines is 1. The van der Waals surface area contributed by atoms with Gasteiger partial charge in [0, 0.05) is 11.8 Å².